The molecule has 0 radical (unpaired) electrons. The molecular formula is C20H23ClN6O. The van der Waals surface area contributed by atoms with Crippen LogP contribution in [0, 0.1) is 5.92 Å². The van der Waals surface area contributed by atoms with E-state index in [1.807, 2.05) is 24.4 Å². The van der Waals surface area contributed by atoms with Crippen LogP contribution in [0.25, 0.3) is 16.6 Å². The van der Waals surface area contributed by atoms with E-state index in [-0.39, 0.29) is 12.3 Å². The average Bonchev–Trinajstić information content (AvgIpc) is 3.31. The van der Waals surface area contributed by atoms with Gasteiger partial charge in [0.15, 0.2) is 0 Å². The summed E-state index contributed by atoms with van der Waals surface area (Å²) in [4.78, 5) is 15.0. The molecule has 1 aliphatic carbocycles. The minimum atomic E-state index is 0.121. The fourth-order valence-electron chi connectivity index (χ4n) is 4.57. The number of fused-ring (bicyclic) bond motifs is 2. The van der Waals surface area contributed by atoms with Gasteiger partial charge in [0.05, 0.1) is 28.0 Å². The number of hydrogen-bond donors (Lipinski definition) is 4. The Bertz CT molecular complexity index is 1000. The van der Waals surface area contributed by atoms with Gasteiger partial charge in [0.1, 0.15) is 17.7 Å². The lowest BCUT2D eigenvalue weighted by atomic mass is 9.85. The lowest BCUT2D eigenvalue weighted by Gasteiger charge is -2.36. The van der Waals surface area contributed by atoms with E-state index in [1.54, 1.807) is 6.20 Å². The maximum Gasteiger partial charge on any atom is 0.149 e. The first kappa shape index (κ1) is 17.6. The van der Waals surface area contributed by atoms with E-state index < -0.39 is 0 Å². The van der Waals surface area contributed by atoms with Crippen LogP contribution in [0.2, 0.25) is 5.02 Å². The molecule has 0 saturated heterocycles. The Kier molecular flexibility index (Phi) is 4.30. The molecule has 3 heterocycles. The van der Waals surface area contributed by atoms with Gasteiger partial charge in [-0.25, -0.2) is 10.9 Å². The van der Waals surface area contributed by atoms with Gasteiger partial charge in [0, 0.05) is 17.8 Å². The maximum atomic E-state index is 6.36. The highest BCUT2D eigenvalue weighted by Crippen LogP contribution is 2.38. The molecule has 146 valence electrons. The van der Waals surface area contributed by atoms with Gasteiger partial charge < -0.3 is 25.8 Å². The van der Waals surface area contributed by atoms with Gasteiger partial charge in [-0.1, -0.05) is 23.7 Å². The minimum absolute atomic E-state index is 0.121. The van der Waals surface area contributed by atoms with E-state index in [0.717, 1.165) is 53.7 Å². The number of para-hydroxylation sites is 1. The second-order valence-corrected chi connectivity index (χ2v) is 8.00. The topological polar surface area (TPSA) is 105 Å². The van der Waals surface area contributed by atoms with Crippen LogP contribution in [0.3, 0.4) is 0 Å². The van der Waals surface area contributed by atoms with Crippen molar-refractivity contribution in [3.63, 3.8) is 0 Å². The highest BCUT2D eigenvalue weighted by Gasteiger charge is 2.40. The molecule has 0 bridgehead atoms. The molecule has 2 aliphatic heterocycles. The van der Waals surface area contributed by atoms with E-state index in [4.69, 9.17) is 28.1 Å². The highest BCUT2D eigenvalue weighted by atomic mass is 35.5. The van der Waals surface area contributed by atoms with Crippen molar-refractivity contribution in [2.45, 2.75) is 38.0 Å². The lowest BCUT2D eigenvalue weighted by molar-refractivity contribution is 0.00850. The third kappa shape index (κ3) is 2.78. The van der Waals surface area contributed by atoms with Crippen LogP contribution >= 0.6 is 11.6 Å². The summed E-state index contributed by atoms with van der Waals surface area (Å²) < 4.78 is 0. The highest BCUT2D eigenvalue weighted by molar-refractivity contribution is 6.35. The molecule has 3 aliphatic rings. The van der Waals surface area contributed by atoms with Crippen molar-refractivity contribution in [3.8, 4) is 0 Å². The number of halogens is 1. The molecule has 1 unspecified atom stereocenters. The van der Waals surface area contributed by atoms with Crippen molar-refractivity contribution < 1.29 is 4.84 Å². The molecular weight excluding hydrogens is 376 g/mol. The number of H-pyrrole nitrogens is 1. The maximum absolute atomic E-state index is 6.36. The molecule has 1 saturated carbocycles. The normalized spacial score (nSPS) is 27.1. The predicted octanol–water partition coefficient (Wildman–Crippen LogP) is 3.01. The zero-order chi connectivity index (χ0) is 19.3. The largest absolute Gasteiger partial charge is 0.382 e. The smallest absolute Gasteiger partial charge is 0.149 e. The number of aromatic amines is 1. The van der Waals surface area contributed by atoms with Crippen molar-refractivity contribution in [1.29, 1.82) is 0 Å². The summed E-state index contributed by atoms with van der Waals surface area (Å²) >= 11 is 6.36. The third-order valence-corrected chi connectivity index (χ3v) is 6.32. The summed E-state index contributed by atoms with van der Waals surface area (Å²) in [5.74, 6) is 6.35. The van der Waals surface area contributed by atoms with Gasteiger partial charge in [0.2, 0.25) is 0 Å². The number of aromatic nitrogens is 1. The van der Waals surface area contributed by atoms with Gasteiger partial charge in [-0.3, -0.25) is 0 Å². The molecule has 1 aromatic carbocycles. The summed E-state index contributed by atoms with van der Waals surface area (Å²) in [5.41, 5.74) is 10.0. The number of nitrogens with one attached hydrogen (secondary N) is 2. The lowest BCUT2D eigenvalue weighted by Crippen LogP contribution is -2.44. The monoisotopic (exact) mass is 398 g/mol. The average molecular weight is 399 g/mol. The first-order valence-electron chi connectivity index (χ1n) is 9.58. The minimum Gasteiger partial charge on any atom is -0.382 e. The number of rotatable bonds is 3. The van der Waals surface area contributed by atoms with Crippen LogP contribution in [-0.2, 0) is 4.84 Å². The fraction of sp³-hybridized carbons (Fsp3) is 0.350. The molecule has 28 heavy (non-hydrogen) atoms. The molecule has 1 atom stereocenters. The summed E-state index contributed by atoms with van der Waals surface area (Å²) in [7, 11) is 0. The molecule has 5 rings (SSSR count). The Morgan fingerprint density at radius 2 is 2.04 bits per heavy atom. The standard InChI is InChI=1S/C20H23ClN6O/c21-14-3-1-2-12-10-15(25-16(12)14)17-18-19(22)24-8-9-27(18)20(26-17)11-4-6-13(28-23)7-5-11/h1-3,8-11,13,20,25-26H,4-7,23H2,(H2,22,24). The molecule has 0 amide bonds. The van der Waals surface area contributed by atoms with Gasteiger partial charge in [0.25, 0.3) is 0 Å². The number of nitrogens with two attached hydrogens (primary N) is 2. The predicted molar refractivity (Wildman–Crippen MR) is 111 cm³/mol. The summed E-state index contributed by atoms with van der Waals surface area (Å²) in [6.07, 6.45) is 8.05. The van der Waals surface area contributed by atoms with Gasteiger partial charge in [-0.2, -0.15) is 0 Å². The second-order valence-electron chi connectivity index (χ2n) is 7.59. The molecule has 1 fully saturated rings. The van der Waals surface area contributed by atoms with Crippen LogP contribution in [-0.4, -0.2) is 28.0 Å². The fourth-order valence-corrected chi connectivity index (χ4v) is 4.80. The number of benzene rings is 1. The molecule has 1 aromatic heterocycles. The Balaban J connectivity index is 1.51. The SMILES string of the molecule is NOC1CCC(C2NC(c3cc4cccc(Cl)c4[nH]3)=C3C(N)=NC=CN32)CC1. The summed E-state index contributed by atoms with van der Waals surface area (Å²) in [5, 5.41) is 5.47. The summed E-state index contributed by atoms with van der Waals surface area (Å²) in [6.45, 7) is 0. The van der Waals surface area contributed by atoms with E-state index >= 15 is 0 Å². The van der Waals surface area contributed by atoms with Crippen molar-refractivity contribution in [2.24, 2.45) is 22.5 Å². The molecule has 2 aromatic rings. The number of aliphatic imine (C=N–C) groups is 1. The van der Waals surface area contributed by atoms with E-state index in [0.29, 0.717) is 16.8 Å². The van der Waals surface area contributed by atoms with Crippen molar-refractivity contribution >= 4 is 34.0 Å². The van der Waals surface area contributed by atoms with Crippen molar-refractivity contribution in [1.82, 2.24) is 15.2 Å². The van der Waals surface area contributed by atoms with Gasteiger partial charge in [-0.05, 0) is 43.7 Å². The van der Waals surface area contributed by atoms with Gasteiger partial charge >= 0.3 is 0 Å². The van der Waals surface area contributed by atoms with Crippen LogP contribution < -0.4 is 16.9 Å². The number of nitrogens with zero attached hydrogens (tertiary/aromatic N) is 2. The van der Waals surface area contributed by atoms with Crippen LogP contribution in [0.15, 0.2) is 47.4 Å². The Hall–Kier alpha value is -2.48. The van der Waals surface area contributed by atoms with Gasteiger partial charge in [-0.15, -0.1) is 0 Å². The van der Waals surface area contributed by atoms with E-state index in [2.05, 4.69) is 26.3 Å². The van der Waals surface area contributed by atoms with Crippen LogP contribution in [0.4, 0.5) is 0 Å². The first-order chi connectivity index (χ1) is 13.7. The van der Waals surface area contributed by atoms with Crippen molar-refractivity contribution in [2.75, 3.05) is 0 Å². The number of hydrogen-bond acceptors (Lipinski definition) is 6. The molecule has 8 heteroatoms. The Morgan fingerprint density at radius 3 is 2.79 bits per heavy atom. The molecule has 6 N–H and O–H groups in total. The van der Waals surface area contributed by atoms with Crippen molar-refractivity contribution in [3.05, 3.63) is 53.1 Å². The quantitative estimate of drug-likeness (QED) is 0.595. The molecule has 0 spiro atoms. The third-order valence-electron chi connectivity index (χ3n) is 6.00. The molecule has 7 nitrogen and oxygen atoms in total. The van der Waals surface area contributed by atoms with Crippen LogP contribution in [0.1, 0.15) is 31.4 Å². The zero-order valence-corrected chi connectivity index (χ0v) is 16.1. The summed E-state index contributed by atoms with van der Waals surface area (Å²) in [6, 6.07) is 7.98. The Morgan fingerprint density at radius 1 is 1.21 bits per heavy atom. The zero-order valence-electron chi connectivity index (χ0n) is 15.4. The second kappa shape index (κ2) is 6.84. The van der Waals surface area contributed by atoms with E-state index in [9.17, 15) is 0 Å². The Labute approximate surface area is 168 Å². The van der Waals surface area contributed by atoms with Crippen LogP contribution in [0.5, 0.6) is 0 Å². The van der Waals surface area contributed by atoms with E-state index in [1.165, 1.54) is 0 Å². The first-order valence-corrected chi connectivity index (χ1v) is 9.96. The number of amidine groups is 1.